The zero-order valence-electron chi connectivity index (χ0n) is 11.2. The molecule has 1 aliphatic carbocycles. The molecule has 1 fully saturated rings. The van der Waals surface area contributed by atoms with E-state index >= 15 is 0 Å². The summed E-state index contributed by atoms with van der Waals surface area (Å²) in [6.07, 6.45) is 3.94. The number of amides is 1. The Kier molecular flexibility index (Phi) is 2.77. The fraction of sp³-hybridized carbons (Fsp3) is 0.500. The highest BCUT2D eigenvalue weighted by Gasteiger charge is 2.44. The van der Waals surface area contributed by atoms with E-state index in [2.05, 4.69) is 10.6 Å². The first-order valence-corrected chi connectivity index (χ1v) is 6.54. The van der Waals surface area contributed by atoms with Crippen LogP contribution in [-0.2, 0) is 4.79 Å². The summed E-state index contributed by atoms with van der Waals surface area (Å²) in [5, 5.41) is 6.38. The fourth-order valence-corrected chi connectivity index (χ4v) is 2.97. The lowest BCUT2D eigenvalue weighted by atomic mass is 9.93. The minimum atomic E-state index is -0.438. The van der Waals surface area contributed by atoms with Gasteiger partial charge in [0, 0.05) is 12.1 Å². The molecule has 1 amide bonds. The lowest BCUT2D eigenvalue weighted by molar-refractivity contribution is -0.120. The lowest BCUT2D eigenvalue weighted by Crippen LogP contribution is -2.50. The number of anilines is 2. The highest BCUT2D eigenvalue weighted by molar-refractivity contribution is 6.06. The largest absolute Gasteiger partial charge is 0.493 e. The molecule has 19 heavy (non-hydrogen) atoms. The van der Waals surface area contributed by atoms with Crippen LogP contribution in [0.25, 0.3) is 0 Å². The average molecular weight is 262 g/mol. The van der Waals surface area contributed by atoms with Gasteiger partial charge in [0.25, 0.3) is 0 Å². The van der Waals surface area contributed by atoms with Crippen LogP contribution in [0.15, 0.2) is 12.1 Å². The second kappa shape index (κ2) is 4.33. The van der Waals surface area contributed by atoms with Crippen LogP contribution in [0.3, 0.4) is 0 Å². The van der Waals surface area contributed by atoms with Crippen LogP contribution in [0.1, 0.15) is 25.7 Å². The molecule has 1 aliphatic heterocycles. The molecule has 2 aliphatic rings. The van der Waals surface area contributed by atoms with E-state index in [-0.39, 0.29) is 5.91 Å². The third-order valence-corrected chi connectivity index (χ3v) is 4.04. The quantitative estimate of drug-likeness (QED) is 0.859. The van der Waals surface area contributed by atoms with Crippen molar-refractivity contribution in [3.05, 3.63) is 12.1 Å². The van der Waals surface area contributed by atoms with Gasteiger partial charge in [0.1, 0.15) is 5.54 Å². The molecule has 2 N–H and O–H groups in total. The van der Waals surface area contributed by atoms with E-state index in [1.807, 2.05) is 6.07 Å². The summed E-state index contributed by atoms with van der Waals surface area (Å²) < 4.78 is 10.6. The van der Waals surface area contributed by atoms with Crippen molar-refractivity contribution in [3.63, 3.8) is 0 Å². The van der Waals surface area contributed by atoms with E-state index in [1.165, 1.54) is 0 Å². The van der Waals surface area contributed by atoms with E-state index in [4.69, 9.17) is 9.47 Å². The van der Waals surface area contributed by atoms with Crippen LogP contribution < -0.4 is 20.1 Å². The number of carbonyl (C=O) groups is 1. The maximum Gasteiger partial charge on any atom is 0.250 e. The number of fused-ring (bicyclic) bond motifs is 1. The maximum atomic E-state index is 12.3. The zero-order chi connectivity index (χ0) is 13.5. The number of nitrogens with one attached hydrogen (secondary N) is 2. The molecule has 1 heterocycles. The summed E-state index contributed by atoms with van der Waals surface area (Å²) in [7, 11) is 3.19. The van der Waals surface area contributed by atoms with Gasteiger partial charge in [-0.25, -0.2) is 0 Å². The first-order chi connectivity index (χ1) is 9.18. The number of hydrogen-bond donors (Lipinski definition) is 2. The van der Waals surface area contributed by atoms with Gasteiger partial charge in [0.15, 0.2) is 11.5 Å². The number of rotatable bonds is 2. The summed E-state index contributed by atoms with van der Waals surface area (Å²) in [6.45, 7) is 0. The molecule has 0 unspecified atom stereocenters. The molecule has 0 aromatic heterocycles. The molecule has 0 atom stereocenters. The molecular weight excluding hydrogens is 244 g/mol. The van der Waals surface area contributed by atoms with Crippen LogP contribution in [0.4, 0.5) is 11.4 Å². The van der Waals surface area contributed by atoms with Gasteiger partial charge in [-0.15, -0.1) is 0 Å². The topological polar surface area (TPSA) is 59.6 Å². The van der Waals surface area contributed by atoms with Crippen molar-refractivity contribution in [1.82, 2.24) is 0 Å². The normalized spacial score (nSPS) is 19.6. The van der Waals surface area contributed by atoms with Crippen LogP contribution >= 0.6 is 0 Å². The molecule has 1 aromatic rings. The van der Waals surface area contributed by atoms with Gasteiger partial charge in [0.05, 0.1) is 25.6 Å². The Morgan fingerprint density at radius 2 is 1.63 bits per heavy atom. The van der Waals surface area contributed by atoms with Crippen molar-refractivity contribution in [3.8, 4) is 11.5 Å². The second-order valence-corrected chi connectivity index (χ2v) is 5.12. The van der Waals surface area contributed by atoms with Crippen molar-refractivity contribution >= 4 is 17.3 Å². The molecule has 102 valence electrons. The lowest BCUT2D eigenvalue weighted by Gasteiger charge is -2.36. The van der Waals surface area contributed by atoms with Gasteiger partial charge in [-0.05, 0) is 12.8 Å². The van der Waals surface area contributed by atoms with Crippen molar-refractivity contribution in [1.29, 1.82) is 0 Å². The molecule has 1 aromatic carbocycles. The average Bonchev–Trinajstić information content (AvgIpc) is 2.88. The third-order valence-electron chi connectivity index (χ3n) is 4.04. The Hall–Kier alpha value is -1.91. The van der Waals surface area contributed by atoms with Crippen molar-refractivity contribution in [2.45, 2.75) is 31.2 Å². The molecule has 5 heteroatoms. The summed E-state index contributed by atoms with van der Waals surface area (Å²) in [6, 6.07) is 3.68. The number of benzene rings is 1. The summed E-state index contributed by atoms with van der Waals surface area (Å²) in [5.41, 5.74) is 1.21. The molecule has 0 saturated heterocycles. The summed E-state index contributed by atoms with van der Waals surface area (Å²) in [5.74, 6) is 1.34. The van der Waals surface area contributed by atoms with E-state index in [1.54, 1.807) is 20.3 Å². The highest BCUT2D eigenvalue weighted by atomic mass is 16.5. The van der Waals surface area contributed by atoms with Crippen molar-refractivity contribution < 1.29 is 14.3 Å². The van der Waals surface area contributed by atoms with Crippen LogP contribution in [-0.4, -0.2) is 25.7 Å². The van der Waals surface area contributed by atoms with Crippen LogP contribution in [0, 0.1) is 0 Å². The maximum absolute atomic E-state index is 12.3. The Morgan fingerprint density at radius 3 is 2.21 bits per heavy atom. The van der Waals surface area contributed by atoms with Gasteiger partial charge in [-0.3, -0.25) is 4.79 Å². The van der Waals surface area contributed by atoms with E-state index in [0.29, 0.717) is 11.5 Å². The Bertz CT molecular complexity index is 522. The van der Waals surface area contributed by atoms with Gasteiger partial charge in [-0.1, -0.05) is 12.8 Å². The van der Waals surface area contributed by atoms with Crippen molar-refractivity contribution in [2.75, 3.05) is 24.9 Å². The molecule has 1 saturated carbocycles. The third kappa shape index (κ3) is 1.80. The first-order valence-electron chi connectivity index (χ1n) is 6.54. The predicted molar refractivity (Wildman–Crippen MR) is 73.0 cm³/mol. The highest BCUT2D eigenvalue weighted by Crippen LogP contribution is 2.44. The Balaban J connectivity index is 2.02. The number of methoxy groups -OCH3 is 2. The minimum Gasteiger partial charge on any atom is -0.493 e. The number of hydrogen-bond acceptors (Lipinski definition) is 4. The molecule has 0 radical (unpaired) electrons. The molecule has 0 bridgehead atoms. The van der Waals surface area contributed by atoms with Gasteiger partial charge in [0.2, 0.25) is 5.91 Å². The minimum absolute atomic E-state index is 0.0599. The van der Waals surface area contributed by atoms with E-state index in [0.717, 1.165) is 37.1 Å². The molecule has 3 rings (SSSR count). The van der Waals surface area contributed by atoms with Crippen LogP contribution in [0.2, 0.25) is 0 Å². The molecule has 1 spiro atoms. The fourth-order valence-electron chi connectivity index (χ4n) is 2.97. The van der Waals surface area contributed by atoms with Gasteiger partial charge < -0.3 is 20.1 Å². The standard InChI is InChI=1S/C14H18N2O3/c1-18-11-7-9-10(8-12(11)19-2)16-14(13(17)15-9)5-3-4-6-14/h7-8,16H,3-6H2,1-2H3,(H,15,17). The van der Waals surface area contributed by atoms with E-state index < -0.39 is 5.54 Å². The van der Waals surface area contributed by atoms with Gasteiger partial charge >= 0.3 is 0 Å². The summed E-state index contributed by atoms with van der Waals surface area (Å²) in [4.78, 5) is 12.3. The monoisotopic (exact) mass is 262 g/mol. The smallest absolute Gasteiger partial charge is 0.250 e. The van der Waals surface area contributed by atoms with Crippen LogP contribution in [0.5, 0.6) is 11.5 Å². The van der Waals surface area contributed by atoms with Crippen molar-refractivity contribution in [2.24, 2.45) is 0 Å². The zero-order valence-corrected chi connectivity index (χ0v) is 11.2. The Labute approximate surface area is 112 Å². The predicted octanol–water partition coefficient (Wildman–Crippen LogP) is 2.38. The Morgan fingerprint density at radius 1 is 1.05 bits per heavy atom. The SMILES string of the molecule is COc1cc2c(cc1OC)NC1(CCCC1)C(=O)N2. The van der Waals surface area contributed by atoms with E-state index in [9.17, 15) is 4.79 Å². The first kappa shape index (κ1) is 12.1. The number of carbonyl (C=O) groups excluding carboxylic acids is 1. The van der Waals surface area contributed by atoms with Gasteiger partial charge in [-0.2, -0.15) is 0 Å². The summed E-state index contributed by atoms with van der Waals surface area (Å²) >= 11 is 0. The molecule has 5 nitrogen and oxygen atoms in total. The number of ether oxygens (including phenoxy) is 2. The second-order valence-electron chi connectivity index (χ2n) is 5.12. The molecular formula is C14H18N2O3.